The SMILES string of the molecule is Nc1nc(F)nc2c1nc(C(C1=COCO1)c1ccccc1I)n2CCCCCCOS(N)(=O)=O. The lowest BCUT2D eigenvalue weighted by molar-refractivity contribution is 0.0764. The van der Waals surface area contributed by atoms with Crippen LogP contribution in [0.1, 0.15) is 43.0 Å². The average molecular weight is 618 g/mol. The molecule has 0 radical (unpaired) electrons. The molecule has 2 aromatic heterocycles. The second kappa shape index (κ2) is 11.0. The van der Waals surface area contributed by atoms with E-state index in [1.807, 2.05) is 28.8 Å². The number of ether oxygens (including phenoxy) is 2. The van der Waals surface area contributed by atoms with E-state index >= 15 is 0 Å². The summed E-state index contributed by atoms with van der Waals surface area (Å²) in [5.41, 5.74) is 7.53. The largest absolute Gasteiger partial charge is 0.462 e. The van der Waals surface area contributed by atoms with Gasteiger partial charge in [0.1, 0.15) is 23.8 Å². The van der Waals surface area contributed by atoms with Crippen molar-refractivity contribution in [3.8, 4) is 0 Å². The van der Waals surface area contributed by atoms with E-state index in [1.54, 1.807) is 6.26 Å². The van der Waals surface area contributed by atoms with Crippen molar-refractivity contribution >= 4 is 49.9 Å². The Morgan fingerprint density at radius 1 is 1.17 bits per heavy atom. The molecular weight excluding hydrogens is 594 g/mol. The van der Waals surface area contributed by atoms with Crippen LogP contribution in [0.2, 0.25) is 0 Å². The Bertz CT molecular complexity index is 1350. The van der Waals surface area contributed by atoms with E-state index in [2.05, 4.69) is 36.7 Å². The minimum Gasteiger partial charge on any atom is -0.462 e. The Kier molecular flexibility index (Phi) is 8.03. The molecule has 0 aliphatic carbocycles. The van der Waals surface area contributed by atoms with Crippen LogP contribution in [0, 0.1) is 9.65 Å². The Morgan fingerprint density at radius 3 is 2.66 bits per heavy atom. The first-order valence-corrected chi connectivity index (χ1v) is 13.3. The van der Waals surface area contributed by atoms with Crippen LogP contribution in [-0.2, 0) is 30.5 Å². The van der Waals surface area contributed by atoms with E-state index in [4.69, 9.17) is 25.3 Å². The first kappa shape index (κ1) is 25.5. The van der Waals surface area contributed by atoms with Crippen LogP contribution in [0.3, 0.4) is 0 Å². The maximum absolute atomic E-state index is 14.1. The van der Waals surface area contributed by atoms with Crippen molar-refractivity contribution in [2.24, 2.45) is 5.14 Å². The first-order chi connectivity index (χ1) is 16.7. The molecule has 3 aromatic rings. The van der Waals surface area contributed by atoms with Crippen molar-refractivity contribution in [2.75, 3.05) is 19.1 Å². The lowest BCUT2D eigenvalue weighted by atomic mass is 9.96. The number of allylic oxidation sites excluding steroid dienone is 1. The maximum Gasteiger partial charge on any atom is 0.333 e. The van der Waals surface area contributed by atoms with Gasteiger partial charge in [0.05, 0.1) is 6.61 Å². The predicted molar refractivity (Wildman–Crippen MR) is 133 cm³/mol. The van der Waals surface area contributed by atoms with Gasteiger partial charge in [0.15, 0.2) is 17.0 Å². The third-order valence-electron chi connectivity index (χ3n) is 5.40. The number of hydrogen-bond acceptors (Lipinski definition) is 9. The van der Waals surface area contributed by atoms with Gasteiger partial charge in [0.25, 0.3) is 0 Å². The summed E-state index contributed by atoms with van der Waals surface area (Å²) in [5.74, 6) is 0.653. The van der Waals surface area contributed by atoms with Gasteiger partial charge in [-0.15, -0.1) is 0 Å². The summed E-state index contributed by atoms with van der Waals surface area (Å²) < 4.78 is 54.3. The van der Waals surface area contributed by atoms with Crippen molar-refractivity contribution in [3.63, 3.8) is 0 Å². The summed E-state index contributed by atoms with van der Waals surface area (Å²) in [7, 11) is -3.94. The Hall–Kier alpha value is -2.56. The molecule has 1 atom stereocenters. The highest BCUT2D eigenvalue weighted by Crippen LogP contribution is 2.38. The molecule has 35 heavy (non-hydrogen) atoms. The highest BCUT2D eigenvalue weighted by atomic mass is 127. The van der Waals surface area contributed by atoms with Crippen LogP contribution < -0.4 is 10.9 Å². The van der Waals surface area contributed by atoms with Gasteiger partial charge in [-0.2, -0.15) is 22.8 Å². The van der Waals surface area contributed by atoms with Crippen LogP contribution in [0.5, 0.6) is 0 Å². The molecule has 188 valence electrons. The zero-order chi connectivity index (χ0) is 25.0. The zero-order valence-corrected chi connectivity index (χ0v) is 21.5. The minimum absolute atomic E-state index is 0.0209. The van der Waals surface area contributed by atoms with Gasteiger partial charge in [-0.05, 0) is 47.1 Å². The normalized spacial score (nSPS) is 14.5. The smallest absolute Gasteiger partial charge is 0.333 e. The number of hydrogen-bond donors (Lipinski definition) is 2. The van der Waals surface area contributed by atoms with Crippen molar-refractivity contribution in [2.45, 2.75) is 38.1 Å². The average Bonchev–Trinajstić information content (AvgIpc) is 3.43. The molecule has 3 heterocycles. The molecule has 14 heteroatoms. The van der Waals surface area contributed by atoms with Gasteiger partial charge >= 0.3 is 16.4 Å². The van der Waals surface area contributed by atoms with Crippen LogP contribution in [-0.4, -0.2) is 41.3 Å². The minimum atomic E-state index is -3.94. The number of rotatable bonds is 11. The number of halogens is 2. The van der Waals surface area contributed by atoms with Crippen molar-refractivity contribution in [1.82, 2.24) is 19.5 Å². The van der Waals surface area contributed by atoms with Gasteiger partial charge in [0.2, 0.25) is 6.79 Å². The summed E-state index contributed by atoms with van der Waals surface area (Å²) in [6.45, 7) is 0.575. The van der Waals surface area contributed by atoms with E-state index in [1.165, 1.54) is 0 Å². The molecule has 1 aliphatic heterocycles. The number of nitrogens with zero attached hydrogens (tertiary/aromatic N) is 4. The van der Waals surface area contributed by atoms with E-state index < -0.39 is 22.3 Å². The van der Waals surface area contributed by atoms with Crippen molar-refractivity contribution in [1.29, 1.82) is 0 Å². The molecule has 0 saturated carbocycles. The molecule has 1 aliphatic rings. The molecular formula is C21H24FIN6O5S. The topological polar surface area (TPSA) is 157 Å². The second-order valence-electron chi connectivity index (χ2n) is 7.80. The standard InChI is InChI=1S/C21H24FIN6O5S/c22-21-27-18(24)17-20(28-21)29(9-5-1-2-6-10-34-35(25,30)31)19(26-17)16(15-11-32-12-33-15)13-7-3-4-8-14(13)23/h3-4,7-8,11,16H,1-2,5-6,9-10,12H2,(H2,24,27,28)(H2,25,30,31). The molecule has 0 spiro atoms. The number of anilines is 1. The summed E-state index contributed by atoms with van der Waals surface area (Å²) in [6, 6.07) is 7.80. The fraction of sp³-hybridized carbons (Fsp3) is 0.381. The van der Waals surface area contributed by atoms with Crippen molar-refractivity contribution < 1.29 is 26.5 Å². The first-order valence-electron chi connectivity index (χ1n) is 10.8. The third kappa shape index (κ3) is 6.17. The fourth-order valence-electron chi connectivity index (χ4n) is 3.88. The van der Waals surface area contributed by atoms with Crippen LogP contribution in [0.15, 0.2) is 36.3 Å². The molecule has 0 bridgehead atoms. The van der Waals surface area contributed by atoms with Crippen LogP contribution in [0.4, 0.5) is 10.2 Å². The summed E-state index contributed by atoms with van der Waals surface area (Å²) in [5, 5.41) is 4.84. The van der Waals surface area contributed by atoms with E-state index in [9.17, 15) is 12.8 Å². The lowest BCUT2D eigenvalue weighted by Gasteiger charge is -2.20. The maximum atomic E-state index is 14.1. The second-order valence-corrected chi connectivity index (χ2v) is 10.2. The highest BCUT2D eigenvalue weighted by molar-refractivity contribution is 14.1. The van der Waals surface area contributed by atoms with E-state index in [0.29, 0.717) is 42.9 Å². The Labute approximate surface area is 215 Å². The van der Waals surface area contributed by atoms with Gasteiger partial charge in [0, 0.05) is 10.1 Å². The number of unbranched alkanes of at least 4 members (excludes halogenated alkanes) is 3. The van der Waals surface area contributed by atoms with Gasteiger partial charge in [-0.1, -0.05) is 31.0 Å². The van der Waals surface area contributed by atoms with Gasteiger partial charge in [-0.25, -0.2) is 10.1 Å². The summed E-state index contributed by atoms with van der Waals surface area (Å²) >= 11 is 2.25. The molecule has 0 saturated heterocycles. The number of aryl methyl sites for hydroxylation is 1. The molecule has 4 N–H and O–H groups in total. The Morgan fingerprint density at radius 2 is 1.94 bits per heavy atom. The Balaban J connectivity index is 1.65. The number of nitrogens with two attached hydrogens (primary N) is 2. The molecule has 4 rings (SSSR count). The summed E-state index contributed by atoms with van der Waals surface area (Å²) in [4.78, 5) is 12.4. The molecule has 1 unspecified atom stereocenters. The van der Waals surface area contributed by atoms with Gasteiger partial charge in [-0.3, -0.25) is 4.18 Å². The predicted octanol–water partition coefficient (Wildman–Crippen LogP) is 2.91. The number of fused-ring (bicyclic) bond motifs is 1. The molecule has 11 nitrogen and oxygen atoms in total. The monoisotopic (exact) mass is 618 g/mol. The number of nitrogen functional groups attached to an aromatic ring is 1. The number of imidazole rings is 1. The van der Waals surface area contributed by atoms with E-state index in [0.717, 1.165) is 15.6 Å². The molecule has 1 aromatic carbocycles. The van der Waals surface area contributed by atoms with Crippen LogP contribution >= 0.6 is 22.6 Å². The zero-order valence-electron chi connectivity index (χ0n) is 18.6. The van der Waals surface area contributed by atoms with Crippen molar-refractivity contribution in [3.05, 3.63) is 57.3 Å². The number of aromatic nitrogens is 4. The van der Waals surface area contributed by atoms with Gasteiger partial charge < -0.3 is 19.8 Å². The summed E-state index contributed by atoms with van der Waals surface area (Å²) in [6.07, 6.45) is 3.30. The molecule has 0 fully saturated rings. The number of benzene rings is 1. The highest BCUT2D eigenvalue weighted by Gasteiger charge is 2.32. The van der Waals surface area contributed by atoms with Crippen LogP contribution in [0.25, 0.3) is 11.2 Å². The molecule has 0 amide bonds. The van der Waals surface area contributed by atoms with E-state index in [-0.39, 0.29) is 24.9 Å². The third-order valence-corrected chi connectivity index (χ3v) is 6.88. The lowest BCUT2D eigenvalue weighted by Crippen LogP contribution is -2.16. The quantitative estimate of drug-likeness (QED) is 0.187. The fourth-order valence-corrected chi connectivity index (χ4v) is 4.93.